The lowest BCUT2D eigenvalue weighted by Crippen LogP contribution is -2.26. The van der Waals surface area contributed by atoms with Gasteiger partial charge in [-0.2, -0.15) is 0 Å². The maximum absolute atomic E-state index is 5.92. The van der Waals surface area contributed by atoms with Gasteiger partial charge in [-0.15, -0.1) is 0 Å². The van der Waals surface area contributed by atoms with Crippen LogP contribution in [0.4, 0.5) is 0 Å². The SMILES string of the molecule is C=C(CCCC)OCC(COCCCCCCCCC)OCCCC. The van der Waals surface area contributed by atoms with Crippen molar-refractivity contribution in [1.29, 1.82) is 0 Å². The molecule has 1 unspecified atom stereocenters. The van der Waals surface area contributed by atoms with Crippen LogP contribution in [-0.2, 0) is 14.2 Å². The van der Waals surface area contributed by atoms with Crippen molar-refractivity contribution in [3.05, 3.63) is 12.3 Å². The second kappa shape index (κ2) is 19.8. The molecule has 0 aromatic carbocycles. The largest absolute Gasteiger partial charge is 0.496 e. The average molecular weight is 357 g/mol. The van der Waals surface area contributed by atoms with E-state index < -0.39 is 0 Å². The quantitative estimate of drug-likeness (QED) is 0.180. The summed E-state index contributed by atoms with van der Waals surface area (Å²) in [5.74, 6) is 0.873. The maximum atomic E-state index is 5.92. The number of hydrogen-bond donors (Lipinski definition) is 0. The van der Waals surface area contributed by atoms with Crippen LogP contribution in [0.5, 0.6) is 0 Å². The number of rotatable bonds is 20. The van der Waals surface area contributed by atoms with Crippen LogP contribution >= 0.6 is 0 Å². The Labute approximate surface area is 157 Å². The second-order valence-electron chi connectivity index (χ2n) is 7.00. The van der Waals surface area contributed by atoms with Crippen molar-refractivity contribution in [2.45, 2.75) is 104 Å². The molecule has 0 spiro atoms. The van der Waals surface area contributed by atoms with E-state index in [-0.39, 0.29) is 6.10 Å². The molecule has 0 rings (SSSR count). The third-order valence-corrected chi connectivity index (χ3v) is 4.33. The van der Waals surface area contributed by atoms with Gasteiger partial charge in [0.2, 0.25) is 0 Å². The van der Waals surface area contributed by atoms with E-state index in [9.17, 15) is 0 Å². The minimum atomic E-state index is 0.0227. The van der Waals surface area contributed by atoms with Gasteiger partial charge in [0.25, 0.3) is 0 Å². The molecule has 25 heavy (non-hydrogen) atoms. The molecule has 0 amide bonds. The fraction of sp³-hybridized carbons (Fsp3) is 0.909. The third kappa shape index (κ3) is 18.1. The zero-order chi connectivity index (χ0) is 18.6. The first-order valence-corrected chi connectivity index (χ1v) is 10.7. The van der Waals surface area contributed by atoms with Crippen LogP contribution in [0.1, 0.15) is 97.8 Å². The zero-order valence-electron chi connectivity index (χ0n) is 17.3. The molecule has 0 N–H and O–H groups in total. The van der Waals surface area contributed by atoms with Crippen LogP contribution < -0.4 is 0 Å². The van der Waals surface area contributed by atoms with E-state index in [0.29, 0.717) is 13.2 Å². The van der Waals surface area contributed by atoms with E-state index in [2.05, 4.69) is 27.4 Å². The highest BCUT2D eigenvalue weighted by atomic mass is 16.6. The molecule has 0 aliphatic carbocycles. The Kier molecular flexibility index (Phi) is 19.4. The summed E-state index contributed by atoms with van der Waals surface area (Å²) in [5, 5.41) is 0. The molecular weight excluding hydrogens is 312 g/mol. The fourth-order valence-corrected chi connectivity index (χ4v) is 2.57. The van der Waals surface area contributed by atoms with Gasteiger partial charge in [-0.1, -0.05) is 78.7 Å². The van der Waals surface area contributed by atoms with Gasteiger partial charge in [-0.05, 0) is 19.3 Å². The molecule has 3 nitrogen and oxygen atoms in total. The van der Waals surface area contributed by atoms with Crippen molar-refractivity contribution in [2.24, 2.45) is 0 Å². The molecule has 150 valence electrons. The van der Waals surface area contributed by atoms with Gasteiger partial charge in [0, 0.05) is 19.6 Å². The monoisotopic (exact) mass is 356 g/mol. The molecule has 0 saturated carbocycles. The normalized spacial score (nSPS) is 12.3. The summed E-state index contributed by atoms with van der Waals surface area (Å²) >= 11 is 0. The molecule has 0 radical (unpaired) electrons. The first-order chi connectivity index (χ1) is 12.2. The first-order valence-electron chi connectivity index (χ1n) is 10.7. The minimum absolute atomic E-state index is 0.0227. The summed E-state index contributed by atoms with van der Waals surface area (Å²) in [5.41, 5.74) is 0. The molecule has 0 aromatic heterocycles. The summed E-state index contributed by atoms with van der Waals surface area (Å²) < 4.78 is 17.5. The molecular formula is C22H44O3. The fourth-order valence-electron chi connectivity index (χ4n) is 2.57. The van der Waals surface area contributed by atoms with Crippen molar-refractivity contribution in [3.8, 4) is 0 Å². The average Bonchev–Trinajstić information content (AvgIpc) is 2.62. The molecule has 0 fully saturated rings. The van der Waals surface area contributed by atoms with Gasteiger partial charge in [0.05, 0.1) is 12.4 Å². The summed E-state index contributed by atoms with van der Waals surface area (Å²) in [6, 6.07) is 0. The van der Waals surface area contributed by atoms with E-state index in [1.807, 2.05) is 0 Å². The van der Waals surface area contributed by atoms with E-state index in [1.165, 1.54) is 44.9 Å². The Morgan fingerprint density at radius 3 is 2.04 bits per heavy atom. The molecule has 0 aromatic rings. The van der Waals surface area contributed by atoms with E-state index in [4.69, 9.17) is 14.2 Å². The van der Waals surface area contributed by atoms with Crippen LogP contribution in [0.25, 0.3) is 0 Å². The van der Waals surface area contributed by atoms with Crippen LogP contribution in [0.2, 0.25) is 0 Å². The maximum Gasteiger partial charge on any atom is 0.116 e. The van der Waals surface area contributed by atoms with Crippen molar-refractivity contribution in [2.75, 3.05) is 26.4 Å². The van der Waals surface area contributed by atoms with Gasteiger partial charge < -0.3 is 14.2 Å². The molecule has 0 aliphatic rings. The zero-order valence-corrected chi connectivity index (χ0v) is 17.3. The molecule has 0 aliphatic heterocycles. The van der Waals surface area contributed by atoms with Crippen molar-refractivity contribution in [3.63, 3.8) is 0 Å². The lowest BCUT2D eigenvalue weighted by atomic mass is 10.1. The third-order valence-electron chi connectivity index (χ3n) is 4.33. The molecule has 0 saturated heterocycles. The van der Waals surface area contributed by atoms with Gasteiger partial charge in [-0.3, -0.25) is 0 Å². The number of hydrogen-bond acceptors (Lipinski definition) is 3. The van der Waals surface area contributed by atoms with Crippen LogP contribution in [0.3, 0.4) is 0 Å². The van der Waals surface area contributed by atoms with E-state index in [1.54, 1.807) is 0 Å². The number of ether oxygens (including phenoxy) is 3. The van der Waals surface area contributed by atoms with E-state index >= 15 is 0 Å². The summed E-state index contributed by atoms with van der Waals surface area (Å²) in [7, 11) is 0. The topological polar surface area (TPSA) is 27.7 Å². The minimum Gasteiger partial charge on any atom is -0.496 e. The Bertz CT molecular complexity index is 278. The Balaban J connectivity index is 3.77. The highest BCUT2D eigenvalue weighted by molar-refractivity contribution is 4.82. The molecule has 0 heterocycles. The van der Waals surface area contributed by atoms with Crippen LogP contribution in [-0.4, -0.2) is 32.5 Å². The highest BCUT2D eigenvalue weighted by Crippen LogP contribution is 2.10. The van der Waals surface area contributed by atoms with Crippen LogP contribution in [0.15, 0.2) is 12.3 Å². The predicted molar refractivity (Wildman–Crippen MR) is 108 cm³/mol. The molecule has 3 heteroatoms. The van der Waals surface area contributed by atoms with Crippen molar-refractivity contribution >= 4 is 0 Å². The lowest BCUT2D eigenvalue weighted by molar-refractivity contribution is -0.0504. The summed E-state index contributed by atoms with van der Waals surface area (Å²) in [6.45, 7) is 13.4. The highest BCUT2D eigenvalue weighted by Gasteiger charge is 2.11. The predicted octanol–water partition coefficient (Wildman–Crippen LogP) is 6.66. The molecule has 0 bridgehead atoms. The Hall–Kier alpha value is -0.540. The van der Waals surface area contributed by atoms with Crippen molar-refractivity contribution in [1.82, 2.24) is 0 Å². The Morgan fingerprint density at radius 1 is 0.720 bits per heavy atom. The standard InChI is InChI=1S/C22H44O3/c1-5-8-11-12-13-14-15-17-23-19-22(24-18-10-7-3)20-25-21(4)16-9-6-2/h22H,4-20H2,1-3H3. The molecule has 1 atom stereocenters. The Morgan fingerprint density at radius 2 is 1.36 bits per heavy atom. The van der Waals surface area contributed by atoms with Gasteiger partial charge in [0.15, 0.2) is 0 Å². The van der Waals surface area contributed by atoms with Crippen LogP contribution in [0, 0.1) is 0 Å². The van der Waals surface area contributed by atoms with Gasteiger partial charge >= 0.3 is 0 Å². The van der Waals surface area contributed by atoms with Gasteiger partial charge in [-0.25, -0.2) is 0 Å². The summed E-state index contributed by atoms with van der Waals surface area (Å²) in [4.78, 5) is 0. The summed E-state index contributed by atoms with van der Waals surface area (Å²) in [6.07, 6.45) is 14.7. The smallest absolute Gasteiger partial charge is 0.116 e. The number of allylic oxidation sites excluding steroid dienone is 1. The lowest BCUT2D eigenvalue weighted by Gasteiger charge is -2.19. The van der Waals surface area contributed by atoms with E-state index in [0.717, 1.165) is 51.1 Å². The number of unbranched alkanes of at least 4 members (excludes halogenated alkanes) is 8. The van der Waals surface area contributed by atoms with Crippen molar-refractivity contribution < 1.29 is 14.2 Å². The van der Waals surface area contributed by atoms with Gasteiger partial charge in [0.1, 0.15) is 12.7 Å². The first kappa shape index (κ1) is 24.5. The second-order valence-corrected chi connectivity index (χ2v) is 7.00.